The zero-order valence-electron chi connectivity index (χ0n) is 14.0. The Hall–Kier alpha value is -2.36. The average Bonchev–Trinajstić information content (AvgIpc) is 2.81. The number of hydrogen-bond donors (Lipinski definition) is 0. The summed E-state index contributed by atoms with van der Waals surface area (Å²) in [4.78, 5) is 14.7. The van der Waals surface area contributed by atoms with Crippen LogP contribution in [-0.2, 0) is 7.05 Å². The van der Waals surface area contributed by atoms with E-state index in [1.165, 1.54) is 11.1 Å². The van der Waals surface area contributed by atoms with Gasteiger partial charge in [-0.25, -0.2) is 0 Å². The fraction of sp³-hybridized carbons (Fsp3) is 0.368. The van der Waals surface area contributed by atoms with Crippen molar-refractivity contribution >= 4 is 12.0 Å². The molecule has 1 aliphatic rings. The molecule has 0 spiro atoms. The van der Waals surface area contributed by atoms with Gasteiger partial charge in [-0.15, -0.1) is 0 Å². The van der Waals surface area contributed by atoms with E-state index in [-0.39, 0.29) is 5.91 Å². The highest BCUT2D eigenvalue weighted by molar-refractivity contribution is 5.96. The molecule has 23 heavy (non-hydrogen) atoms. The van der Waals surface area contributed by atoms with Crippen LogP contribution in [0, 0.1) is 13.8 Å². The van der Waals surface area contributed by atoms with E-state index in [4.69, 9.17) is 0 Å². The minimum atomic E-state index is 0.117. The van der Waals surface area contributed by atoms with Crippen molar-refractivity contribution in [3.8, 4) is 0 Å². The first-order chi connectivity index (χ1) is 11.1. The molecule has 0 N–H and O–H groups in total. The minimum absolute atomic E-state index is 0.117. The molecule has 0 bridgehead atoms. The molecule has 1 fully saturated rings. The quantitative estimate of drug-likeness (QED) is 0.853. The Balaban J connectivity index is 1.69. The smallest absolute Gasteiger partial charge is 0.257 e. The zero-order chi connectivity index (χ0) is 16.4. The molecule has 1 aromatic carbocycles. The SMILES string of the molecule is Cc1nn(C)c(C)c1C(=O)N1CCC(=Cc2ccccc2)CC1. The maximum absolute atomic E-state index is 12.8. The van der Waals surface area contributed by atoms with Gasteiger partial charge in [0, 0.05) is 25.8 Å². The highest BCUT2D eigenvalue weighted by Crippen LogP contribution is 2.22. The van der Waals surface area contributed by atoms with Gasteiger partial charge in [0.25, 0.3) is 5.91 Å². The van der Waals surface area contributed by atoms with Crippen LogP contribution in [0.4, 0.5) is 0 Å². The lowest BCUT2D eigenvalue weighted by atomic mass is 10.00. The third-order valence-corrected chi connectivity index (χ3v) is 4.59. The average molecular weight is 309 g/mol. The number of benzene rings is 1. The largest absolute Gasteiger partial charge is 0.338 e. The Morgan fingerprint density at radius 2 is 1.78 bits per heavy atom. The number of nitrogens with zero attached hydrogens (tertiary/aromatic N) is 3. The van der Waals surface area contributed by atoms with Crippen molar-refractivity contribution in [2.45, 2.75) is 26.7 Å². The Labute approximate surface area is 137 Å². The second-order valence-electron chi connectivity index (χ2n) is 6.17. The Bertz CT molecular complexity index is 733. The Morgan fingerprint density at radius 1 is 1.13 bits per heavy atom. The lowest BCUT2D eigenvalue weighted by Gasteiger charge is -2.28. The van der Waals surface area contributed by atoms with Crippen LogP contribution in [0.1, 0.15) is 40.2 Å². The molecule has 1 aliphatic heterocycles. The summed E-state index contributed by atoms with van der Waals surface area (Å²) in [6.45, 7) is 5.43. The Kier molecular flexibility index (Phi) is 4.33. The fourth-order valence-corrected chi connectivity index (χ4v) is 3.17. The van der Waals surface area contributed by atoms with Gasteiger partial charge in [-0.05, 0) is 32.3 Å². The molecule has 4 nitrogen and oxygen atoms in total. The maximum atomic E-state index is 12.8. The van der Waals surface area contributed by atoms with E-state index < -0.39 is 0 Å². The summed E-state index contributed by atoms with van der Waals surface area (Å²) in [5.41, 5.74) is 5.18. The van der Waals surface area contributed by atoms with Crippen molar-refractivity contribution in [2.75, 3.05) is 13.1 Å². The number of piperidine rings is 1. The molecule has 3 rings (SSSR count). The standard InChI is InChI=1S/C19H23N3O/c1-14-18(15(2)21(3)20-14)19(23)22-11-9-17(10-12-22)13-16-7-5-4-6-8-16/h4-8,13H,9-12H2,1-3H3. The van der Waals surface area contributed by atoms with E-state index >= 15 is 0 Å². The molecule has 2 heterocycles. The molecule has 0 aliphatic carbocycles. The lowest BCUT2D eigenvalue weighted by molar-refractivity contribution is 0.0742. The molecule has 0 atom stereocenters. The minimum Gasteiger partial charge on any atom is -0.338 e. The van der Waals surface area contributed by atoms with Crippen molar-refractivity contribution in [2.24, 2.45) is 7.05 Å². The summed E-state index contributed by atoms with van der Waals surface area (Å²) in [7, 11) is 1.88. The van der Waals surface area contributed by atoms with Crippen LogP contribution in [0.2, 0.25) is 0 Å². The van der Waals surface area contributed by atoms with E-state index in [1.54, 1.807) is 4.68 Å². The first kappa shape index (κ1) is 15.5. The predicted molar refractivity (Wildman–Crippen MR) is 92.2 cm³/mol. The maximum Gasteiger partial charge on any atom is 0.257 e. The van der Waals surface area contributed by atoms with Crippen LogP contribution in [0.5, 0.6) is 0 Å². The molecule has 1 saturated heterocycles. The molecule has 1 aromatic heterocycles. The van der Waals surface area contributed by atoms with E-state index in [1.807, 2.05) is 31.9 Å². The summed E-state index contributed by atoms with van der Waals surface area (Å²) < 4.78 is 1.78. The Morgan fingerprint density at radius 3 is 2.35 bits per heavy atom. The van der Waals surface area contributed by atoms with Crippen molar-refractivity contribution in [1.82, 2.24) is 14.7 Å². The predicted octanol–water partition coefficient (Wildman–Crippen LogP) is 3.36. The van der Waals surface area contributed by atoms with Gasteiger partial charge in [0.05, 0.1) is 11.3 Å². The first-order valence-corrected chi connectivity index (χ1v) is 8.10. The molecule has 0 unspecified atom stereocenters. The number of aromatic nitrogens is 2. The number of carbonyl (C=O) groups is 1. The van der Waals surface area contributed by atoms with Crippen LogP contribution in [0.15, 0.2) is 35.9 Å². The second-order valence-corrected chi connectivity index (χ2v) is 6.17. The van der Waals surface area contributed by atoms with E-state index in [0.29, 0.717) is 0 Å². The van der Waals surface area contributed by atoms with Crippen molar-refractivity contribution < 1.29 is 4.79 Å². The van der Waals surface area contributed by atoms with Crippen LogP contribution in [0.3, 0.4) is 0 Å². The normalized spacial score (nSPS) is 14.9. The third-order valence-electron chi connectivity index (χ3n) is 4.59. The van der Waals surface area contributed by atoms with Crippen molar-refractivity contribution in [1.29, 1.82) is 0 Å². The summed E-state index contributed by atoms with van der Waals surface area (Å²) in [5, 5.41) is 4.36. The summed E-state index contributed by atoms with van der Waals surface area (Å²) in [6, 6.07) is 10.4. The molecule has 2 aromatic rings. The highest BCUT2D eigenvalue weighted by Gasteiger charge is 2.25. The van der Waals surface area contributed by atoms with Crippen LogP contribution < -0.4 is 0 Å². The molecular weight excluding hydrogens is 286 g/mol. The second kappa shape index (κ2) is 6.41. The number of hydrogen-bond acceptors (Lipinski definition) is 2. The fourth-order valence-electron chi connectivity index (χ4n) is 3.17. The van der Waals surface area contributed by atoms with Gasteiger partial charge in [-0.2, -0.15) is 5.10 Å². The number of aryl methyl sites for hydroxylation is 2. The molecule has 4 heteroatoms. The highest BCUT2D eigenvalue weighted by atomic mass is 16.2. The van der Waals surface area contributed by atoms with Gasteiger partial charge in [0.1, 0.15) is 0 Å². The molecule has 1 amide bonds. The number of carbonyl (C=O) groups excluding carboxylic acids is 1. The first-order valence-electron chi connectivity index (χ1n) is 8.10. The van der Waals surface area contributed by atoms with Crippen molar-refractivity contribution in [3.05, 3.63) is 58.4 Å². The van der Waals surface area contributed by atoms with E-state index in [2.05, 4.69) is 35.4 Å². The third kappa shape index (κ3) is 3.21. The summed E-state index contributed by atoms with van der Waals surface area (Å²) in [5.74, 6) is 0.117. The van der Waals surface area contributed by atoms with Crippen LogP contribution >= 0.6 is 0 Å². The van der Waals surface area contributed by atoms with E-state index in [9.17, 15) is 4.79 Å². The number of likely N-dealkylation sites (tertiary alicyclic amines) is 1. The number of rotatable bonds is 2. The zero-order valence-corrected chi connectivity index (χ0v) is 14.0. The van der Waals surface area contributed by atoms with Gasteiger partial charge in [-0.1, -0.05) is 42.0 Å². The van der Waals surface area contributed by atoms with Crippen LogP contribution in [-0.4, -0.2) is 33.7 Å². The van der Waals surface area contributed by atoms with Gasteiger partial charge in [0.2, 0.25) is 0 Å². The number of amides is 1. The van der Waals surface area contributed by atoms with Crippen LogP contribution in [0.25, 0.3) is 6.08 Å². The van der Waals surface area contributed by atoms with Gasteiger partial charge >= 0.3 is 0 Å². The summed E-state index contributed by atoms with van der Waals surface area (Å²) in [6.07, 6.45) is 4.14. The summed E-state index contributed by atoms with van der Waals surface area (Å²) >= 11 is 0. The monoisotopic (exact) mass is 309 g/mol. The van der Waals surface area contributed by atoms with Crippen molar-refractivity contribution in [3.63, 3.8) is 0 Å². The lowest BCUT2D eigenvalue weighted by Crippen LogP contribution is -2.36. The molecular formula is C19H23N3O. The van der Waals surface area contributed by atoms with Gasteiger partial charge in [0.15, 0.2) is 0 Å². The topological polar surface area (TPSA) is 38.1 Å². The van der Waals surface area contributed by atoms with E-state index in [0.717, 1.165) is 42.9 Å². The molecule has 0 radical (unpaired) electrons. The molecule has 0 saturated carbocycles. The van der Waals surface area contributed by atoms with Gasteiger partial charge in [-0.3, -0.25) is 9.48 Å². The van der Waals surface area contributed by atoms with Gasteiger partial charge < -0.3 is 4.90 Å². The molecule has 120 valence electrons.